The zero-order chi connectivity index (χ0) is 91.9. The Balaban J connectivity index is 0.000000129. The molecule has 6 aliphatic carbocycles. The molecule has 28 nitrogen and oxygen atoms in total. The number of fused-ring (bicyclic) bond motifs is 6. The summed E-state index contributed by atoms with van der Waals surface area (Å²) >= 11 is 0. The smallest absolute Gasteiger partial charge is 0.335 e. The van der Waals surface area contributed by atoms with Crippen LogP contribution in [-0.4, -0.2) is 125 Å². The molecule has 0 bridgehead atoms. The molecule has 682 valence electrons. The second kappa shape index (κ2) is 37.8. The van der Waals surface area contributed by atoms with Crippen molar-refractivity contribution in [2.45, 2.75) is 184 Å². The molecule has 6 aromatic carbocycles. The minimum absolute atomic E-state index is 0. The summed E-state index contributed by atoms with van der Waals surface area (Å²) in [7, 11) is 12.1. The lowest BCUT2D eigenvalue weighted by Crippen LogP contribution is -2.52. The van der Waals surface area contributed by atoms with E-state index >= 15 is 0 Å². The summed E-state index contributed by atoms with van der Waals surface area (Å²) in [6.45, 7) is 2.17. The van der Waals surface area contributed by atoms with Gasteiger partial charge in [-0.15, -0.1) is 0 Å². The number of carbonyl (C=O) groups is 6. The number of ether oxygens (including phenoxy) is 1. The monoisotopic (exact) mass is 1780 g/mol. The fourth-order valence-electron chi connectivity index (χ4n) is 21.1. The number of rotatable bonds is 21. The van der Waals surface area contributed by atoms with Crippen molar-refractivity contribution in [2.24, 2.45) is 53.8 Å². The first-order valence-electron chi connectivity index (χ1n) is 45.9. The molecule has 6 saturated carbocycles. The van der Waals surface area contributed by atoms with Crippen LogP contribution in [0.3, 0.4) is 0 Å². The summed E-state index contributed by atoms with van der Waals surface area (Å²) < 4.78 is 17.5. The predicted molar refractivity (Wildman–Crippen MR) is 518 cm³/mol. The van der Waals surface area contributed by atoms with Gasteiger partial charge in [0, 0.05) is 142 Å². The summed E-state index contributed by atoms with van der Waals surface area (Å²) in [4.78, 5) is 114. The van der Waals surface area contributed by atoms with Crippen LogP contribution in [-0.2, 0) is 78.0 Å². The number of nitrogens with one attached hydrogen (secondary N) is 2. The van der Waals surface area contributed by atoms with Gasteiger partial charge in [-0.25, -0.2) is 29.3 Å². The van der Waals surface area contributed by atoms with Gasteiger partial charge in [0.15, 0.2) is 0 Å². The highest BCUT2D eigenvalue weighted by Crippen LogP contribution is 2.50. The van der Waals surface area contributed by atoms with Crippen molar-refractivity contribution in [3.63, 3.8) is 0 Å². The van der Waals surface area contributed by atoms with Crippen molar-refractivity contribution >= 4 is 120 Å². The fraction of sp³-hybridized carbons (Fsp3) is 0.343. The maximum absolute atomic E-state index is 13.9. The number of primary amides is 1. The molecule has 9 aromatic heterocycles. The number of amides is 3. The first kappa shape index (κ1) is 90.5. The number of carboxylic acid groups (broad SMARTS) is 2. The maximum Gasteiger partial charge on any atom is 0.335 e. The van der Waals surface area contributed by atoms with Crippen molar-refractivity contribution < 1.29 is 43.7 Å². The van der Waals surface area contributed by atoms with Gasteiger partial charge in [0.25, 0.3) is 11.8 Å². The van der Waals surface area contributed by atoms with Crippen LogP contribution in [0, 0.1) is 0 Å². The summed E-state index contributed by atoms with van der Waals surface area (Å²) in [5, 5.41) is 28.5. The normalized spacial score (nSPS) is 16.3. The van der Waals surface area contributed by atoms with E-state index in [-0.39, 0.29) is 30.7 Å². The Labute approximate surface area is 770 Å². The number of carbonyl (C=O) groups excluding carboxylic acids is 4. The topological polar surface area (TPSA) is 374 Å². The molecule has 0 atom stereocenters. The lowest BCUT2D eigenvalue weighted by Gasteiger charge is -2.41. The van der Waals surface area contributed by atoms with Crippen molar-refractivity contribution in [2.75, 3.05) is 6.61 Å². The van der Waals surface area contributed by atoms with Crippen molar-refractivity contribution in [3.8, 4) is 34.2 Å². The predicted octanol–water partition coefficient (Wildman–Crippen LogP) is 18.7. The van der Waals surface area contributed by atoms with Gasteiger partial charge >= 0.3 is 17.9 Å². The highest BCUT2D eigenvalue weighted by molar-refractivity contribution is 6.04. The van der Waals surface area contributed by atoms with Gasteiger partial charge in [-0.2, -0.15) is 0 Å². The molecule has 0 spiro atoms. The van der Waals surface area contributed by atoms with E-state index in [2.05, 4.69) is 89.6 Å². The van der Waals surface area contributed by atoms with Crippen LogP contribution >= 0.6 is 0 Å². The molecule has 6 fully saturated rings. The second-order valence-electron chi connectivity index (χ2n) is 36.2. The van der Waals surface area contributed by atoms with Gasteiger partial charge in [-0.3, -0.25) is 44.3 Å². The SMILES string of the molecule is C.CCOC(=O)/C=C/c1ccc2c(c1)nc(C1(N)CCC1)n2C.Cn1c(-c2cnccn2)c(C2CCCC2)c2ccc(C(=O)O)cc21.Cn1c(C2(NC(=O)c3ccc4c(C5CCCC5)c(-c5cnccn5)n(C)c4c3)CCC2)nc2cc(/C=C/C(=O)O)ccc21.Cn1c(C2(NC(=O)c3ccc4c(C5CCCC5)c(-c5cnccn5)n(C)c4c3)CCC2)nc2cc(/C=C/C(N)=O)ccc21. The van der Waals surface area contributed by atoms with Crippen molar-refractivity contribution in [1.29, 1.82) is 0 Å². The second-order valence-corrected chi connectivity index (χ2v) is 36.2. The molecular formula is C105H113N19O9. The number of aliphatic carboxylic acids is 1. The van der Waals surface area contributed by atoms with Gasteiger partial charge in [0.05, 0.1) is 97.6 Å². The number of hydrogen-bond donors (Lipinski definition) is 6. The Morgan fingerprint density at radius 1 is 0.421 bits per heavy atom. The summed E-state index contributed by atoms with van der Waals surface area (Å²) in [6.07, 6.45) is 47.4. The van der Waals surface area contributed by atoms with Crippen LogP contribution in [0.15, 0.2) is 183 Å². The highest BCUT2D eigenvalue weighted by atomic mass is 16.5. The number of aromatic carboxylic acids is 1. The van der Waals surface area contributed by atoms with E-state index in [1.807, 2.05) is 130 Å². The average molecular weight is 1790 g/mol. The third-order valence-corrected chi connectivity index (χ3v) is 28.1. The Hall–Kier alpha value is -14.4. The molecule has 3 amide bonds. The molecule has 0 aliphatic heterocycles. The van der Waals surface area contributed by atoms with Crippen LogP contribution in [0.25, 0.3) is 118 Å². The number of aromatic nitrogens is 15. The minimum Gasteiger partial charge on any atom is -0.478 e. The Morgan fingerprint density at radius 2 is 0.767 bits per heavy atom. The first-order valence-corrected chi connectivity index (χ1v) is 45.9. The van der Waals surface area contributed by atoms with E-state index in [1.165, 1.54) is 91.0 Å². The molecule has 9 heterocycles. The standard InChI is InChI=1S/C34H35N7O2.C34H34N6O3.C19H19N3O2.C17H21N3O2.CH4/c1-40-28-19-23(10-11-24(28)30(22-6-3-4-7-22)31(40)26-20-36-16-17-37-26)32(43)39-34(14-5-15-34)33-38-25-18-21(9-13-29(35)42)8-12-27(25)41(33)2;1-39-28-19-23(10-11-24(28)30(22-6-3-4-7-22)31(39)26-20-35-16-17-36-26)32(43)38-34(14-5-15-34)33-37-25-18-21(9-13-29(41)42)8-12-27(25)40(33)2;1-22-16-10-13(19(23)24)6-7-14(16)17(12-4-2-3-5-12)18(22)15-11-20-8-9-21-15;1-3-22-15(21)8-6-12-5-7-14-13(11-12)19-16(20(14)2)17(18)9-4-10-17;/h8-13,16-20,22H,3-7,14-15H2,1-2H3,(H2,35,42)(H,39,43);8-13,16-20,22H,3-7,14-15H2,1-2H3,(H,38,43)(H,41,42);6-12H,2-5H2,1H3,(H,23,24);5-8,11H,3-4,9-10,18H2,1-2H3;1H4/b2*13-9+;;8-6+;. The van der Waals surface area contributed by atoms with E-state index in [0.717, 1.165) is 213 Å². The van der Waals surface area contributed by atoms with Gasteiger partial charge in [0.1, 0.15) is 34.6 Å². The van der Waals surface area contributed by atoms with Gasteiger partial charge in [-0.05, 0) is 245 Å². The number of imidazole rings is 3. The largest absolute Gasteiger partial charge is 0.478 e. The quantitative estimate of drug-likeness (QED) is 0.0287. The van der Waals surface area contributed by atoms with E-state index in [1.54, 1.807) is 80.7 Å². The summed E-state index contributed by atoms with van der Waals surface area (Å²) in [6, 6.07) is 35.1. The molecule has 0 radical (unpaired) electrons. The molecule has 0 saturated heterocycles. The Kier molecular flexibility index (Phi) is 25.7. The molecule has 6 aliphatic rings. The molecule has 8 N–H and O–H groups in total. The molecule has 21 rings (SSSR count). The third-order valence-electron chi connectivity index (χ3n) is 28.1. The maximum atomic E-state index is 13.9. The Morgan fingerprint density at radius 3 is 1.09 bits per heavy atom. The molecular weight excluding hydrogens is 1670 g/mol. The Bertz CT molecular complexity index is 6800. The number of benzene rings is 6. The van der Waals surface area contributed by atoms with Gasteiger partial charge in [0.2, 0.25) is 5.91 Å². The number of hydrogen-bond acceptors (Lipinski definition) is 17. The fourth-order valence-corrected chi connectivity index (χ4v) is 21.1. The highest BCUT2D eigenvalue weighted by Gasteiger charge is 2.47. The van der Waals surface area contributed by atoms with Crippen LogP contribution < -0.4 is 22.1 Å². The van der Waals surface area contributed by atoms with Crippen molar-refractivity contribution in [1.82, 2.24) is 82.9 Å². The molecule has 0 unspecified atom stereocenters. The van der Waals surface area contributed by atoms with Crippen molar-refractivity contribution in [3.05, 3.63) is 251 Å². The summed E-state index contributed by atoms with van der Waals surface area (Å²) in [5.74, 6) is 1.09. The first-order chi connectivity index (χ1) is 63.9. The average Bonchev–Trinajstić information content (AvgIpc) is 1.50. The number of nitrogens with zero attached hydrogens (tertiary/aromatic N) is 15. The third kappa shape index (κ3) is 17.6. The number of aryl methyl sites for hydroxylation is 6. The van der Waals surface area contributed by atoms with Crippen LogP contribution in [0.5, 0.6) is 0 Å². The van der Waals surface area contributed by atoms with E-state index < -0.39 is 28.9 Å². The van der Waals surface area contributed by atoms with Gasteiger partial charge in [-0.1, -0.05) is 82.3 Å². The van der Waals surface area contributed by atoms with Gasteiger partial charge < -0.3 is 64.5 Å². The van der Waals surface area contributed by atoms with Crippen LogP contribution in [0.2, 0.25) is 0 Å². The van der Waals surface area contributed by atoms with E-state index in [9.17, 15) is 33.9 Å². The van der Waals surface area contributed by atoms with Crippen LogP contribution in [0.4, 0.5) is 0 Å². The molecule has 15 aromatic rings. The lowest BCUT2D eigenvalue weighted by atomic mass is 9.75. The lowest BCUT2D eigenvalue weighted by molar-refractivity contribution is -0.137. The van der Waals surface area contributed by atoms with E-state index in [0.29, 0.717) is 41.1 Å². The van der Waals surface area contributed by atoms with E-state index in [4.69, 9.17) is 36.3 Å². The molecule has 28 heteroatoms. The zero-order valence-electron chi connectivity index (χ0n) is 75.5. The molecule has 133 heavy (non-hydrogen) atoms. The number of carboxylic acids is 2. The number of nitrogens with two attached hydrogens (primary N) is 2. The number of esters is 1. The summed E-state index contributed by atoms with van der Waals surface area (Å²) in [5.41, 5.74) is 32.5. The zero-order valence-corrected chi connectivity index (χ0v) is 75.5. The minimum atomic E-state index is -0.994. The van der Waals surface area contributed by atoms with Crippen LogP contribution in [0.1, 0.15) is 249 Å².